The zero-order chi connectivity index (χ0) is 19.3. The molecule has 0 saturated heterocycles. The topological polar surface area (TPSA) is 54.6 Å². The molecule has 142 valence electrons. The normalized spacial score (nSPS) is 13.4. The van der Waals surface area contributed by atoms with Crippen LogP contribution in [0.15, 0.2) is 91.1 Å². The van der Waals surface area contributed by atoms with E-state index < -0.39 is 6.10 Å². The van der Waals surface area contributed by atoms with Gasteiger partial charge < -0.3 is 19.5 Å². The SMILES string of the molecule is OC[C@@H](O)[C@H](c1ccccc1)n1ccc2ccc(OCc3ccccc3)cc21. The average molecular weight is 373 g/mol. The van der Waals surface area contributed by atoms with Gasteiger partial charge in [0.2, 0.25) is 0 Å². The van der Waals surface area contributed by atoms with Gasteiger partial charge in [-0.15, -0.1) is 0 Å². The number of aliphatic hydroxyl groups excluding tert-OH is 2. The second-order valence-corrected chi connectivity index (χ2v) is 6.82. The Morgan fingerprint density at radius 3 is 2.29 bits per heavy atom. The molecular formula is C24H23NO3. The predicted molar refractivity (Wildman–Crippen MR) is 110 cm³/mol. The molecule has 4 aromatic rings. The van der Waals surface area contributed by atoms with Crippen molar-refractivity contribution >= 4 is 10.9 Å². The fourth-order valence-electron chi connectivity index (χ4n) is 3.52. The van der Waals surface area contributed by atoms with E-state index in [9.17, 15) is 10.2 Å². The summed E-state index contributed by atoms with van der Waals surface area (Å²) in [6.45, 7) is 0.178. The van der Waals surface area contributed by atoms with Gasteiger partial charge in [-0.05, 0) is 34.7 Å². The van der Waals surface area contributed by atoms with Gasteiger partial charge in [-0.3, -0.25) is 0 Å². The molecule has 0 spiro atoms. The number of hydrogen-bond acceptors (Lipinski definition) is 3. The fraction of sp³-hybridized carbons (Fsp3) is 0.167. The molecule has 3 aromatic carbocycles. The highest BCUT2D eigenvalue weighted by Crippen LogP contribution is 2.30. The Kier molecular flexibility index (Phi) is 5.42. The molecule has 0 amide bonds. The number of aliphatic hydroxyl groups is 2. The Hall–Kier alpha value is -3.08. The first kappa shape index (κ1) is 18.3. The highest BCUT2D eigenvalue weighted by Gasteiger charge is 2.23. The third-order valence-corrected chi connectivity index (χ3v) is 4.94. The summed E-state index contributed by atoms with van der Waals surface area (Å²) in [7, 11) is 0. The number of aromatic nitrogens is 1. The molecule has 0 bridgehead atoms. The maximum atomic E-state index is 10.5. The lowest BCUT2D eigenvalue weighted by Gasteiger charge is -2.25. The lowest BCUT2D eigenvalue weighted by atomic mass is 10.0. The summed E-state index contributed by atoms with van der Waals surface area (Å²) in [6, 6.07) is 27.4. The van der Waals surface area contributed by atoms with Crippen LogP contribution in [0.1, 0.15) is 17.2 Å². The second-order valence-electron chi connectivity index (χ2n) is 6.82. The zero-order valence-corrected chi connectivity index (χ0v) is 15.5. The van der Waals surface area contributed by atoms with Crippen molar-refractivity contribution in [2.75, 3.05) is 6.61 Å². The molecule has 1 heterocycles. The molecule has 28 heavy (non-hydrogen) atoms. The third-order valence-electron chi connectivity index (χ3n) is 4.94. The lowest BCUT2D eigenvalue weighted by molar-refractivity contribution is 0.0653. The van der Waals surface area contributed by atoms with Crippen LogP contribution < -0.4 is 4.74 Å². The molecule has 2 atom stereocenters. The summed E-state index contributed by atoms with van der Waals surface area (Å²) in [6.07, 6.45) is 1.04. The first-order chi connectivity index (χ1) is 13.8. The van der Waals surface area contributed by atoms with E-state index in [1.807, 2.05) is 95.7 Å². The van der Waals surface area contributed by atoms with Crippen LogP contribution in [0.5, 0.6) is 5.75 Å². The summed E-state index contributed by atoms with van der Waals surface area (Å²) in [4.78, 5) is 0. The Morgan fingerprint density at radius 2 is 1.57 bits per heavy atom. The van der Waals surface area contributed by atoms with Crippen LogP contribution in [0, 0.1) is 0 Å². The second kappa shape index (κ2) is 8.30. The highest BCUT2D eigenvalue weighted by molar-refractivity contribution is 5.82. The summed E-state index contributed by atoms with van der Waals surface area (Å²) in [5.74, 6) is 0.765. The molecule has 0 aliphatic carbocycles. The smallest absolute Gasteiger partial charge is 0.121 e. The van der Waals surface area contributed by atoms with E-state index >= 15 is 0 Å². The largest absolute Gasteiger partial charge is 0.489 e. The Morgan fingerprint density at radius 1 is 0.857 bits per heavy atom. The van der Waals surface area contributed by atoms with Crippen molar-refractivity contribution in [3.05, 3.63) is 102 Å². The molecule has 0 fully saturated rings. The number of hydrogen-bond donors (Lipinski definition) is 2. The molecule has 0 saturated carbocycles. The van der Waals surface area contributed by atoms with Crippen LogP contribution in [0.4, 0.5) is 0 Å². The van der Waals surface area contributed by atoms with Crippen molar-refractivity contribution in [1.82, 2.24) is 4.57 Å². The summed E-state index contributed by atoms with van der Waals surface area (Å²) < 4.78 is 7.97. The van der Waals surface area contributed by atoms with Crippen LogP contribution in [-0.4, -0.2) is 27.5 Å². The maximum Gasteiger partial charge on any atom is 0.121 e. The van der Waals surface area contributed by atoms with Crippen LogP contribution in [0.25, 0.3) is 10.9 Å². The minimum absolute atomic E-state index is 0.316. The number of rotatable bonds is 7. The maximum absolute atomic E-state index is 10.5. The van der Waals surface area contributed by atoms with Gasteiger partial charge in [-0.1, -0.05) is 60.7 Å². The summed E-state index contributed by atoms with van der Waals surface area (Å²) >= 11 is 0. The van der Waals surface area contributed by atoms with Crippen LogP contribution in [0.2, 0.25) is 0 Å². The van der Waals surface area contributed by atoms with Gasteiger partial charge in [0.05, 0.1) is 18.2 Å². The zero-order valence-electron chi connectivity index (χ0n) is 15.5. The Labute approximate surface area is 164 Å². The van der Waals surface area contributed by atoms with E-state index in [0.29, 0.717) is 6.61 Å². The molecule has 0 unspecified atom stereocenters. The number of nitrogens with zero attached hydrogens (tertiary/aromatic N) is 1. The van der Waals surface area contributed by atoms with E-state index in [2.05, 4.69) is 0 Å². The Bertz CT molecular complexity index is 1030. The number of benzene rings is 3. The Balaban J connectivity index is 1.68. The number of fused-ring (bicyclic) bond motifs is 1. The third kappa shape index (κ3) is 3.79. The summed E-state index contributed by atoms with van der Waals surface area (Å²) in [5.41, 5.74) is 3.00. The van der Waals surface area contributed by atoms with Crippen molar-refractivity contribution in [2.45, 2.75) is 18.8 Å². The van der Waals surface area contributed by atoms with Gasteiger partial charge in [0, 0.05) is 12.3 Å². The first-order valence-electron chi connectivity index (χ1n) is 9.37. The van der Waals surface area contributed by atoms with Crippen molar-refractivity contribution in [3.63, 3.8) is 0 Å². The van der Waals surface area contributed by atoms with Crippen molar-refractivity contribution in [3.8, 4) is 5.75 Å². The highest BCUT2D eigenvalue weighted by atomic mass is 16.5. The quantitative estimate of drug-likeness (QED) is 0.511. The van der Waals surface area contributed by atoms with Gasteiger partial charge in [-0.25, -0.2) is 0 Å². The predicted octanol–water partition coefficient (Wildman–Crippen LogP) is 4.16. The van der Waals surface area contributed by atoms with Gasteiger partial charge in [0.1, 0.15) is 18.5 Å². The van der Waals surface area contributed by atoms with E-state index in [1.165, 1.54) is 0 Å². The van der Waals surface area contributed by atoms with Gasteiger partial charge >= 0.3 is 0 Å². The fourth-order valence-corrected chi connectivity index (χ4v) is 3.52. The van der Waals surface area contributed by atoms with Crippen molar-refractivity contribution < 1.29 is 14.9 Å². The monoisotopic (exact) mass is 373 g/mol. The van der Waals surface area contributed by atoms with Gasteiger partial charge in [0.15, 0.2) is 0 Å². The van der Waals surface area contributed by atoms with E-state index in [-0.39, 0.29) is 12.6 Å². The van der Waals surface area contributed by atoms with E-state index in [1.54, 1.807) is 0 Å². The van der Waals surface area contributed by atoms with Crippen LogP contribution in [0.3, 0.4) is 0 Å². The molecule has 0 aliphatic rings. The number of ether oxygens (including phenoxy) is 1. The molecule has 4 nitrogen and oxygen atoms in total. The standard InChI is InChI=1S/C24H23NO3/c26-16-23(27)24(20-9-5-2-6-10-20)25-14-13-19-11-12-21(15-22(19)25)28-17-18-7-3-1-4-8-18/h1-15,23-24,26-27H,16-17H2/t23-,24+/m1/s1. The first-order valence-corrected chi connectivity index (χ1v) is 9.37. The molecular weight excluding hydrogens is 350 g/mol. The molecule has 0 radical (unpaired) electrons. The molecule has 4 rings (SSSR count). The van der Waals surface area contributed by atoms with E-state index in [0.717, 1.165) is 27.8 Å². The van der Waals surface area contributed by atoms with Crippen LogP contribution in [-0.2, 0) is 6.61 Å². The molecule has 2 N–H and O–H groups in total. The van der Waals surface area contributed by atoms with Gasteiger partial charge in [0.25, 0.3) is 0 Å². The van der Waals surface area contributed by atoms with Crippen LogP contribution >= 0.6 is 0 Å². The molecule has 1 aromatic heterocycles. The molecule has 4 heteroatoms. The minimum atomic E-state index is -0.910. The van der Waals surface area contributed by atoms with E-state index in [4.69, 9.17) is 4.74 Å². The van der Waals surface area contributed by atoms with Gasteiger partial charge in [-0.2, -0.15) is 0 Å². The minimum Gasteiger partial charge on any atom is -0.489 e. The molecule has 0 aliphatic heterocycles. The lowest BCUT2D eigenvalue weighted by Crippen LogP contribution is -2.27. The average Bonchev–Trinajstić information content (AvgIpc) is 3.17. The summed E-state index contributed by atoms with van der Waals surface area (Å²) in [5, 5.41) is 21.2. The van der Waals surface area contributed by atoms with Crippen molar-refractivity contribution in [1.29, 1.82) is 0 Å². The van der Waals surface area contributed by atoms with Crippen molar-refractivity contribution in [2.24, 2.45) is 0 Å².